The Hall–Kier alpha value is -4.11. The molecular formula is C28H35N7O2. The smallest absolute Gasteiger partial charge is 0.247 e. The number of carbonyl (C=O) groups is 1. The fourth-order valence-electron chi connectivity index (χ4n) is 4.43. The minimum Gasteiger partial charge on any atom is -0.494 e. The number of fused-ring (bicyclic) bond motifs is 1. The predicted molar refractivity (Wildman–Crippen MR) is 151 cm³/mol. The lowest BCUT2D eigenvalue weighted by Crippen LogP contribution is -2.29. The van der Waals surface area contributed by atoms with Gasteiger partial charge in [0.05, 0.1) is 29.9 Å². The fraction of sp³-hybridized carbons (Fsp3) is 0.321. The number of benzene rings is 1. The van der Waals surface area contributed by atoms with Crippen LogP contribution < -0.4 is 20.3 Å². The number of ether oxygens (including phenoxy) is 1. The fourth-order valence-corrected chi connectivity index (χ4v) is 4.43. The van der Waals surface area contributed by atoms with E-state index in [4.69, 9.17) is 4.74 Å². The van der Waals surface area contributed by atoms with E-state index in [0.29, 0.717) is 22.9 Å². The number of aromatic nitrogens is 3. The number of methoxy groups -OCH3 is 1. The molecule has 1 aromatic carbocycles. The van der Waals surface area contributed by atoms with Crippen molar-refractivity contribution in [1.29, 1.82) is 0 Å². The molecule has 37 heavy (non-hydrogen) atoms. The van der Waals surface area contributed by atoms with Gasteiger partial charge < -0.3 is 29.7 Å². The van der Waals surface area contributed by atoms with Crippen molar-refractivity contribution in [3.63, 3.8) is 0 Å². The molecule has 0 saturated heterocycles. The second kappa shape index (κ2) is 11.3. The van der Waals surface area contributed by atoms with Crippen LogP contribution in [0.4, 0.5) is 22.9 Å². The van der Waals surface area contributed by atoms with E-state index in [2.05, 4.69) is 66.9 Å². The minimum absolute atomic E-state index is 0.287. The van der Waals surface area contributed by atoms with Gasteiger partial charge in [0.25, 0.3) is 0 Å². The standard InChI is InChI=1S/C28H35N7O2/c1-7-28(36)32-22-14-23(26(37-6)16-25(22)34(4)13-12-33(2)3)31-27-15-21(29-18-30-27)20-17-35(5)24-11-9-8-10-19(20)24/h7-8,10,14-18H,1,9,11-13H2,2-6H3,(H,32,36)(H,29,30,31). The number of nitrogens with zero attached hydrogens (tertiary/aromatic N) is 5. The highest BCUT2D eigenvalue weighted by atomic mass is 16.5. The van der Waals surface area contributed by atoms with Gasteiger partial charge in [-0.25, -0.2) is 9.97 Å². The van der Waals surface area contributed by atoms with Gasteiger partial charge >= 0.3 is 0 Å². The molecule has 0 bridgehead atoms. The van der Waals surface area contributed by atoms with Gasteiger partial charge in [-0.15, -0.1) is 0 Å². The number of allylic oxidation sites excluding steroid dienone is 1. The number of rotatable bonds is 10. The van der Waals surface area contributed by atoms with Gasteiger partial charge in [0.1, 0.15) is 17.9 Å². The van der Waals surface area contributed by atoms with Crippen molar-refractivity contribution in [2.45, 2.75) is 12.8 Å². The second-order valence-electron chi connectivity index (χ2n) is 9.36. The first kappa shape index (κ1) is 26.0. The Kier molecular flexibility index (Phi) is 7.93. The summed E-state index contributed by atoms with van der Waals surface area (Å²) in [5.74, 6) is 0.962. The van der Waals surface area contributed by atoms with Crippen LogP contribution in [-0.4, -0.2) is 66.7 Å². The van der Waals surface area contributed by atoms with Gasteiger partial charge in [-0.1, -0.05) is 18.7 Å². The zero-order chi connectivity index (χ0) is 26.5. The average molecular weight is 502 g/mol. The van der Waals surface area contributed by atoms with Crippen LogP contribution in [0, 0.1) is 0 Å². The Balaban J connectivity index is 1.69. The van der Waals surface area contributed by atoms with Crippen LogP contribution in [-0.2, 0) is 18.3 Å². The van der Waals surface area contributed by atoms with Gasteiger partial charge in [-0.2, -0.15) is 0 Å². The van der Waals surface area contributed by atoms with Gasteiger partial charge in [0.2, 0.25) is 5.91 Å². The lowest BCUT2D eigenvalue weighted by atomic mass is 10.00. The Morgan fingerprint density at radius 3 is 2.73 bits per heavy atom. The summed E-state index contributed by atoms with van der Waals surface area (Å²) in [7, 11) is 9.74. The van der Waals surface area contributed by atoms with Crippen LogP contribution in [0.15, 0.2) is 49.5 Å². The van der Waals surface area contributed by atoms with E-state index in [-0.39, 0.29) is 5.91 Å². The molecule has 0 saturated carbocycles. The Labute approximate surface area is 218 Å². The molecule has 0 radical (unpaired) electrons. The SMILES string of the molecule is C=CC(=O)Nc1cc(Nc2cc(-c3cn(C)c4c3C=CCC4)ncn2)c(OC)cc1N(C)CCN(C)C. The van der Waals surface area contributed by atoms with Gasteiger partial charge in [-0.3, -0.25) is 4.79 Å². The number of aryl methyl sites for hydroxylation is 1. The highest BCUT2D eigenvalue weighted by molar-refractivity contribution is 6.02. The van der Waals surface area contributed by atoms with Gasteiger partial charge in [-0.05, 0) is 39.1 Å². The molecular weight excluding hydrogens is 466 g/mol. The molecule has 9 heteroatoms. The van der Waals surface area contributed by atoms with Crippen LogP contribution in [0.1, 0.15) is 17.7 Å². The van der Waals surface area contributed by atoms with E-state index in [1.807, 2.05) is 39.3 Å². The molecule has 2 N–H and O–H groups in total. The lowest BCUT2D eigenvalue weighted by Gasteiger charge is -2.26. The first-order valence-corrected chi connectivity index (χ1v) is 12.3. The van der Waals surface area contributed by atoms with E-state index in [1.54, 1.807) is 13.4 Å². The molecule has 0 fully saturated rings. The zero-order valence-electron chi connectivity index (χ0n) is 22.2. The first-order chi connectivity index (χ1) is 17.8. The van der Waals surface area contributed by atoms with Crippen LogP contribution in [0.5, 0.6) is 5.75 Å². The number of anilines is 4. The summed E-state index contributed by atoms with van der Waals surface area (Å²) in [6.45, 7) is 5.22. The maximum atomic E-state index is 12.2. The largest absolute Gasteiger partial charge is 0.494 e. The van der Waals surface area contributed by atoms with Crippen LogP contribution in [0.2, 0.25) is 0 Å². The van der Waals surface area contributed by atoms with Crippen molar-refractivity contribution < 1.29 is 9.53 Å². The molecule has 3 aromatic rings. The summed E-state index contributed by atoms with van der Waals surface area (Å²) in [4.78, 5) is 25.4. The summed E-state index contributed by atoms with van der Waals surface area (Å²) < 4.78 is 7.90. The molecule has 0 unspecified atom stereocenters. The summed E-state index contributed by atoms with van der Waals surface area (Å²) in [6.07, 6.45) is 11.4. The predicted octanol–water partition coefficient (Wildman–Crippen LogP) is 4.32. The van der Waals surface area contributed by atoms with Crippen molar-refractivity contribution in [3.05, 3.63) is 60.7 Å². The molecule has 0 atom stereocenters. The van der Waals surface area contributed by atoms with Crippen molar-refractivity contribution in [2.75, 3.05) is 56.9 Å². The Morgan fingerprint density at radius 2 is 2.00 bits per heavy atom. The lowest BCUT2D eigenvalue weighted by molar-refractivity contribution is -0.111. The van der Waals surface area contributed by atoms with Crippen molar-refractivity contribution in [3.8, 4) is 17.0 Å². The van der Waals surface area contributed by atoms with Crippen molar-refractivity contribution in [1.82, 2.24) is 19.4 Å². The van der Waals surface area contributed by atoms with Crippen LogP contribution in [0.25, 0.3) is 17.3 Å². The summed E-state index contributed by atoms with van der Waals surface area (Å²) in [5.41, 5.74) is 6.57. The summed E-state index contributed by atoms with van der Waals surface area (Å²) in [6, 6.07) is 5.70. The molecule has 1 aliphatic rings. The molecule has 2 heterocycles. The van der Waals surface area contributed by atoms with Gasteiger partial charge in [0.15, 0.2) is 0 Å². The molecule has 4 rings (SSSR count). The minimum atomic E-state index is -0.287. The van der Waals surface area contributed by atoms with Crippen molar-refractivity contribution >= 4 is 34.9 Å². The molecule has 0 spiro atoms. The number of carbonyl (C=O) groups excluding carboxylic acids is 1. The highest BCUT2D eigenvalue weighted by Gasteiger charge is 2.19. The molecule has 2 aromatic heterocycles. The molecule has 194 valence electrons. The zero-order valence-corrected chi connectivity index (χ0v) is 22.2. The monoisotopic (exact) mass is 501 g/mol. The third-order valence-electron chi connectivity index (χ3n) is 6.44. The van der Waals surface area contributed by atoms with E-state index < -0.39 is 0 Å². The maximum Gasteiger partial charge on any atom is 0.247 e. The Morgan fingerprint density at radius 1 is 1.19 bits per heavy atom. The number of hydrogen-bond donors (Lipinski definition) is 2. The third kappa shape index (κ3) is 5.83. The molecule has 9 nitrogen and oxygen atoms in total. The highest BCUT2D eigenvalue weighted by Crippen LogP contribution is 2.38. The summed E-state index contributed by atoms with van der Waals surface area (Å²) >= 11 is 0. The quantitative estimate of drug-likeness (QED) is 0.400. The van der Waals surface area contributed by atoms with E-state index in [0.717, 1.165) is 42.9 Å². The molecule has 1 amide bonds. The third-order valence-corrected chi connectivity index (χ3v) is 6.44. The first-order valence-electron chi connectivity index (χ1n) is 12.3. The number of hydrogen-bond acceptors (Lipinski definition) is 7. The number of nitrogens with one attached hydrogen (secondary N) is 2. The van der Waals surface area contributed by atoms with Crippen molar-refractivity contribution in [2.24, 2.45) is 7.05 Å². The maximum absolute atomic E-state index is 12.2. The molecule has 0 aliphatic heterocycles. The number of amides is 1. The van der Waals surface area contributed by atoms with Crippen LogP contribution >= 0.6 is 0 Å². The van der Waals surface area contributed by atoms with E-state index in [1.165, 1.54) is 17.3 Å². The normalized spacial score (nSPS) is 12.3. The molecule has 1 aliphatic carbocycles. The van der Waals surface area contributed by atoms with Crippen LogP contribution in [0.3, 0.4) is 0 Å². The second-order valence-corrected chi connectivity index (χ2v) is 9.36. The van der Waals surface area contributed by atoms with Gasteiger partial charge in [0, 0.05) is 62.3 Å². The number of likely N-dealkylation sites (N-methyl/N-ethyl adjacent to an activating group) is 2. The summed E-state index contributed by atoms with van der Waals surface area (Å²) in [5, 5.41) is 6.29. The van der Waals surface area contributed by atoms with E-state index >= 15 is 0 Å². The van der Waals surface area contributed by atoms with E-state index in [9.17, 15) is 4.79 Å². The Bertz CT molecular complexity index is 1330. The topological polar surface area (TPSA) is 87.5 Å². The average Bonchev–Trinajstić information content (AvgIpc) is 3.24.